The number of carbonyl (C=O) groups excluding carboxylic acids is 1. The van der Waals surface area contributed by atoms with E-state index in [1.54, 1.807) is 0 Å². The first-order valence-corrected chi connectivity index (χ1v) is 12.0. The van der Waals surface area contributed by atoms with E-state index < -0.39 is 15.8 Å². The lowest BCUT2D eigenvalue weighted by Gasteiger charge is -2.19. The number of sulfonamides is 1. The molecule has 3 rings (SSSR count). The summed E-state index contributed by atoms with van der Waals surface area (Å²) in [6.45, 7) is 7.45. The van der Waals surface area contributed by atoms with Crippen molar-refractivity contribution < 1.29 is 17.6 Å². The number of aromatic nitrogens is 2. The van der Waals surface area contributed by atoms with E-state index in [1.807, 2.05) is 28.8 Å². The second kappa shape index (κ2) is 10.7. The number of nitrogens with one attached hydrogen (secondary N) is 2. The largest absolute Gasteiger partial charge is 0.309 e. The Balaban J connectivity index is 1.64. The topological polar surface area (TPSA) is 96.3 Å². The van der Waals surface area contributed by atoms with Crippen LogP contribution >= 0.6 is 0 Å². The third kappa shape index (κ3) is 5.90. The minimum Gasteiger partial charge on any atom is -0.309 e. The summed E-state index contributed by atoms with van der Waals surface area (Å²) >= 11 is 0. The van der Waals surface area contributed by atoms with Gasteiger partial charge < -0.3 is 9.47 Å². The number of benzene rings is 2. The number of likely N-dealkylation sites (N-methyl/N-ethyl adjacent to an activating group) is 1. The Labute approximate surface area is 187 Å². The van der Waals surface area contributed by atoms with Crippen molar-refractivity contribution in [1.82, 2.24) is 19.2 Å². The summed E-state index contributed by atoms with van der Waals surface area (Å²) in [6, 6.07) is 12.2. The molecule has 1 heterocycles. The van der Waals surface area contributed by atoms with Crippen LogP contribution in [0.25, 0.3) is 11.0 Å². The first-order chi connectivity index (χ1) is 15.3. The van der Waals surface area contributed by atoms with E-state index in [1.165, 1.54) is 12.1 Å². The highest BCUT2D eigenvalue weighted by atomic mass is 32.2. The summed E-state index contributed by atoms with van der Waals surface area (Å²) < 4.78 is 41.9. The molecule has 10 heteroatoms. The lowest BCUT2D eigenvalue weighted by molar-refractivity contribution is -0.116. The van der Waals surface area contributed by atoms with Crippen LogP contribution in [-0.4, -0.2) is 55.0 Å². The van der Waals surface area contributed by atoms with Gasteiger partial charge in [0.25, 0.3) is 0 Å². The van der Waals surface area contributed by atoms with Crippen LogP contribution in [0.4, 0.5) is 10.3 Å². The molecule has 0 fully saturated rings. The zero-order valence-corrected chi connectivity index (χ0v) is 19.0. The number of halogens is 1. The monoisotopic (exact) mass is 461 g/mol. The van der Waals surface area contributed by atoms with Crippen molar-refractivity contribution >= 4 is 32.9 Å². The molecule has 1 aromatic heterocycles. The molecule has 0 unspecified atom stereocenters. The summed E-state index contributed by atoms with van der Waals surface area (Å²) in [5.74, 6) is -0.442. The first kappa shape index (κ1) is 23.8. The highest BCUT2D eigenvalue weighted by Crippen LogP contribution is 2.20. The average Bonchev–Trinajstić information content (AvgIpc) is 3.11. The van der Waals surface area contributed by atoms with Crippen LogP contribution < -0.4 is 10.0 Å². The average molecular weight is 462 g/mol. The quantitative estimate of drug-likeness (QED) is 0.458. The molecule has 2 N–H and O–H groups in total. The van der Waals surface area contributed by atoms with Gasteiger partial charge in [-0.05, 0) is 49.5 Å². The van der Waals surface area contributed by atoms with Crippen LogP contribution in [0.1, 0.15) is 20.3 Å². The smallest absolute Gasteiger partial charge is 0.240 e. The van der Waals surface area contributed by atoms with Crippen LogP contribution in [0, 0.1) is 5.82 Å². The number of nitrogens with zero attached hydrogens (tertiary/aromatic N) is 3. The predicted octanol–water partition coefficient (Wildman–Crippen LogP) is 2.82. The van der Waals surface area contributed by atoms with Gasteiger partial charge in [0, 0.05) is 26.1 Å². The highest BCUT2D eigenvalue weighted by molar-refractivity contribution is 7.89. The number of carbonyl (C=O) groups is 1. The third-order valence-electron chi connectivity index (χ3n) is 5.21. The van der Waals surface area contributed by atoms with Crippen LogP contribution in [0.3, 0.4) is 0 Å². The number of hydrogen-bond acceptors (Lipinski definition) is 5. The molecule has 1 amide bonds. The third-order valence-corrected chi connectivity index (χ3v) is 6.69. The number of fused-ring (bicyclic) bond motifs is 1. The van der Waals surface area contributed by atoms with Gasteiger partial charge in [-0.2, -0.15) is 0 Å². The molecule has 0 spiro atoms. The van der Waals surface area contributed by atoms with Gasteiger partial charge in [0.15, 0.2) is 0 Å². The molecular formula is C22H28FN5O3S. The van der Waals surface area contributed by atoms with Gasteiger partial charge >= 0.3 is 0 Å². The molecule has 0 atom stereocenters. The molecule has 0 aliphatic carbocycles. The van der Waals surface area contributed by atoms with Crippen molar-refractivity contribution in [3.8, 4) is 0 Å². The van der Waals surface area contributed by atoms with Crippen LogP contribution in [0.2, 0.25) is 0 Å². The Morgan fingerprint density at radius 3 is 2.47 bits per heavy atom. The van der Waals surface area contributed by atoms with Crippen molar-refractivity contribution in [2.24, 2.45) is 0 Å². The van der Waals surface area contributed by atoms with Crippen molar-refractivity contribution in [1.29, 1.82) is 0 Å². The summed E-state index contributed by atoms with van der Waals surface area (Å²) in [7, 11) is -3.82. The van der Waals surface area contributed by atoms with Gasteiger partial charge in [0.1, 0.15) is 5.82 Å². The van der Waals surface area contributed by atoms with Gasteiger partial charge in [0.2, 0.25) is 21.9 Å². The van der Waals surface area contributed by atoms with E-state index in [9.17, 15) is 17.6 Å². The van der Waals surface area contributed by atoms with Crippen LogP contribution in [-0.2, 0) is 21.4 Å². The van der Waals surface area contributed by atoms with Gasteiger partial charge in [-0.3, -0.25) is 10.1 Å². The summed E-state index contributed by atoms with van der Waals surface area (Å²) in [5.41, 5.74) is 1.70. The van der Waals surface area contributed by atoms with E-state index in [4.69, 9.17) is 0 Å². The fourth-order valence-corrected chi connectivity index (χ4v) is 4.39. The molecule has 0 saturated carbocycles. The lowest BCUT2D eigenvalue weighted by atomic mass is 10.3. The standard InChI is InChI=1S/C22H28FN5O3S/c1-3-27(4-2)15-16-28-20-8-6-5-7-19(20)25-22(28)26-21(29)13-14-24-32(30,31)18-11-9-17(23)10-12-18/h5-12,24H,3-4,13-16H2,1-2H3,(H,25,26,29). The number of rotatable bonds is 11. The van der Waals surface area contributed by atoms with E-state index in [2.05, 4.69) is 33.8 Å². The zero-order chi connectivity index (χ0) is 23.1. The molecule has 0 radical (unpaired) electrons. The maximum Gasteiger partial charge on any atom is 0.240 e. The Kier molecular flexibility index (Phi) is 7.94. The van der Waals surface area contributed by atoms with Crippen molar-refractivity contribution in [3.05, 3.63) is 54.3 Å². The number of para-hydroxylation sites is 2. The maximum atomic E-state index is 13.0. The van der Waals surface area contributed by atoms with Crippen LogP contribution in [0.15, 0.2) is 53.4 Å². The Morgan fingerprint density at radius 1 is 1.09 bits per heavy atom. The number of hydrogen-bond donors (Lipinski definition) is 2. The van der Waals surface area contributed by atoms with E-state index in [0.717, 1.165) is 42.8 Å². The maximum absolute atomic E-state index is 13.0. The summed E-state index contributed by atoms with van der Waals surface area (Å²) in [5, 5.41) is 2.80. The molecule has 0 aliphatic heterocycles. The second-order valence-corrected chi connectivity index (χ2v) is 9.02. The molecule has 8 nitrogen and oxygen atoms in total. The van der Waals surface area contributed by atoms with E-state index in [-0.39, 0.29) is 23.8 Å². The van der Waals surface area contributed by atoms with Gasteiger partial charge in [-0.15, -0.1) is 0 Å². The second-order valence-electron chi connectivity index (χ2n) is 7.25. The van der Waals surface area contributed by atoms with Crippen molar-refractivity contribution in [3.63, 3.8) is 0 Å². The van der Waals surface area contributed by atoms with Gasteiger partial charge in [-0.25, -0.2) is 22.5 Å². The number of amides is 1. The molecule has 2 aromatic carbocycles. The highest BCUT2D eigenvalue weighted by Gasteiger charge is 2.16. The van der Waals surface area contributed by atoms with E-state index >= 15 is 0 Å². The molecule has 32 heavy (non-hydrogen) atoms. The van der Waals surface area contributed by atoms with Crippen molar-refractivity contribution in [2.75, 3.05) is 31.5 Å². The Hall–Kier alpha value is -2.82. The molecule has 0 bridgehead atoms. The van der Waals surface area contributed by atoms with Crippen molar-refractivity contribution in [2.45, 2.75) is 31.7 Å². The minimum absolute atomic E-state index is 0.0579. The first-order valence-electron chi connectivity index (χ1n) is 10.6. The fraction of sp³-hybridized carbons (Fsp3) is 0.364. The Morgan fingerprint density at radius 2 is 1.78 bits per heavy atom. The molecule has 3 aromatic rings. The van der Waals surface area contributed by atoms with E-state index in [0.29, 0.717) is 12.5 Å². The number of imidazole rings is 1. The normalized spacial score (nSPS) is 11.9. The minimum atomic E-state index is -3.82. The number of anilines is 1. The van der Waals surface area contributed by atoms with Gasteiger partial charge in [0.05, 0.1) is 15.9 Å². The Bertz CT molecular complexity index is 1160. The summed E-state index contributed by atoms with van der Waals surface area (Å²) in [4.78, 5) is 19.3. The zero-order valence-electron chi connectivity index (χ0n) is 18.2. The molecular weight excluding hydrogens is 433 g/mol. The molecule has 0 saturated heterocycles. The predicted molar refractivity (Wildman–Crippen MR) is 122 cm³/mol. The molecule has 172 valence electrons. The van der Waals surface area contributed by atoms with Gasteiger partial charge in [-0.1, -0.05) is 26.0 Å². The molecule has 0 aliphatic rings. The lowest BCUT2D eigenvalue weighted by Crippen LogP contribution is -2.29. The fourth-order valence-electron chi connectivity index (χ4n) is 3.36. The SMILES string of the molecule is CCN(CC)CCn1c(NC(=O)CCNS(=O)(=O)c2ccc(F)cc2)nc2ccccc21. The van der Waals surface area contributed by atoms with Crippen LogP contribution in [0.5, 0.6) is 0 Å². The summed E-state index contributed by atoms with van der Waals surface area (Å²) in [6.07, 6.45) is -0.0698.